The molecule has 1 aromatic rings. The molecular formula is C7H6BrNO2. The second-order valence-electron chi connectivity index (χ2n) is 1.84. The van der Waals surface area contributed by atoms with Crippen LogP contribution in [0.1, 0.15) is 10.4 Å². The minimum Gasteiger partial charge on any atom is -0.493 e. The molecule has 0 atom stereocenters. The van der Waals surface area contributed by atoms with Gasteiger partial charge in [0.05, 0.1) is 12.7 Å². The maximum atomic E-state index is 10.4. The summed E-state index contributed by atoms with van der Waals surface area (Å²) in [5.41, 5.74) is 0.495. The van der Waals surface area contributed by atoms with Crippen molar-refractivity contribution in [2.45, 2.75) is 0 Å². The zero-order valence-corrected chi connectivity index (χ0v) is 7.46. The van der Waals surface area contributed by atoms with Crippen LogP contribution >= 0.6 is 15.9 Å². The van der Waals surface area contributed by atoms with Crippen molar-refractivity contribution in [3.05, 3.63) is 22.4 Å². The molecule has 0 aliphatic rings. The molecule has 4 heteroatoms. The van der Waals surface area contributed by atoms with Crippen LogP contribution in [0.2, 0.25) is 0 Å². The van der Waals surface area contributed by atoms with Gasteiger partial charge < -0.3 is 4.74 Å². The number of aldehydes is 1. The first-order valence-electron chi connectivity index (χ1n) is 2.93. The zero-order valence-electron chi connectivity index (χ0n) is 5.87. The Morgan fingerprint density at radius 3 is 2.91 bits per heavy atom. The maximum absolute atomic E-state index is 10.4. The Kier molecular flexibility index (Phi) is 2.59. The average Bonchev–Trinajstić information content (AvgIpc) is 2.04. The number of methoxy groups -OCH3 is 1. The van der Waals surface area contributed by atoms with E-state index < -0.39 is 0 Å². The Hall–Kier alpha value is -0.900. The maximum Gasteiger partial charge on any atom is 0.162 e. The summed E-state index contributed by atoms with van der Waals surface area (Å²) in [7, 11) is 1.49. The molecule has 0 aliphatic carbocycles. The fraction of sp³-hybridized carbons (Fsp3) is 0.143. The highest BCUT2D eigenvalue weighted by Crippen LogP contribution is 2.24. The van der Waals surface area contributed by atoms with E-state index in [1.807, 2.05) is 0 Å². The van der Waals surface area contributed by atoms with Gasteiger partial charge in [-0.2, -0.15) is 0 Å². The fourth-order valence-electron chi connectivity index (χ4n) is 0.731. The number of ether oxygens (including phenoxy) is 1. The normalized spacial score (nSPS) is 9.27. The van der Waals surface area contributed by atoms with Crippen LogP contribution in [0, 0.1) is 0 Å². The van der Waals surface area contributed by atoms with Crippen molar-refractivity contribution in [2.24, 2.45) is 0 Å². The second kappa shape index (κ2) is 3.48. The summed E-state index contributed by atoms with van der Waals surface area (Å²) in [5.74, 6) is 0.475. The summed E-state index contributed by atoms with van der Waals surface area (Å²) >= 11 is 3.15. The minimum absolute atomic E-state index is 0.475. The van der Waals surface area contributed by atoms with Crippen LogP contribution in [0.3, 0.4) is 0 Å². The van der Waals surface area contributed by atoms with Gasteiger partial charge in [-0.1, -0.05) is 0 Å². The standard InChI is InChI=1S/C7H6BrNO2/c1-11-6-5(4-10)2-3-9-7(6)8/h2-4H,1H3. The van der Waals surface area contributed by atoms with Crippen LogP contribution in [0.4, 0.5) is 0 Å². The highest BCUT2D eigenvalue weighted by atomic mass is 79.9. The van der Waals surface area contributed by atoms with Gasteiger partial charge in [0, 0.05) is 6.20 Å². The number of carbonyl (C=O) groups is 1. The summed E-state index contributed by atoms with van der Waals surface area (Å²) in [5, 5.41) is 0. The molecule has 0 aliphatic heterocycles. The number of halogens is 1. The lowest BCUT2D eigenvalue weighted by Gasteiger charge is -2.02. The second-order valence-corrected chi connectivity index (χ2v) is 2.59. The topological polar surface area (TPSA) is 39.2 Å². The molecule has 0 unspecified atom stereocenters. The smallest absolute Gasteiger partial charge is 0.162 e. The van der Waals surface area contributed by atoms with Gasteiger partial charge >= 0.3 is 0 Å². The molecule has 1 heterocycles. The van der Waals surface area contributed by atoms with E-state index >= 15 is 0 Å². The van der Waals surface area contributed by atoms with Crippen LogP contribution in [0.25, 0.3) is 0 Å². The number of hydrogen-bond acceptors (Lipinski definition) is 3. The quantitative estimate of drug-likeness (QED) is 0.557. The fourth-order valence-corrected chi connectivity index (χ4v) is 1.24. The van der Waals surface area contributed by atoms with Gasteiger partial charge in [-0.15, -0.1) is 0 Å². The molecule has 0 saturated carbocycles. The summed E-state index contributed by atoms with van der Waals surface area (Å²) in [6.07, 6.45) is 2.27. The Bertz CT molecular complexity index is 275. The first kappa shape index (κ1) is 8.20. The molecule has 0 bridgehead atoms. The Labute approximate surface area is 72.5 Å². The van der Waals surface area contributed by atoms with Crippen molar-refractivity contribution in [2.75, 3.05) is 7.11 Å². The van der Waals surface area contributed by atoms with Gasteiger partial charge in [-0.25, -0.2) is 4.98 Å². The largest absolute Gasteiger partial charge is 0.493 e. The van der Waals surface area contributed by atoms with Crippen molar-refractivity contribution in [1.82, 2.24) is 4.98 Å². The molecule has 0 radical (unpaired) electrons. The summed E-state index contributed by atoms with van der Waals surface area (Å²) in [6.45, 7) is 0. The lowest BCUT2D eigenvalue weighted by atomic mass is 10.3. The van der Waals surface area contributed by atoms with Crippen LogP contribution in [-0.2, 0) is 0 Å². The minimum atomic E-state index is 0.475. The Morgan fingerprint density at radius 1 is 1.73 bits per heavy atom. The van der Waals surface area contributed by atoms with E-state index in [4.69, 9.17) is 4.74 Å². The van der Waals surface area contributed by atoms with Gasteiger partial charge in [0.15, 0.2) is 12.0 Å². The molecule has 1 rings (SSSR count). The third kappa shape index (κ3) is 1.57. The third-order valence-corrected chi connectivity index (χ3v) is 1.79. The predicted octanol–water partition coefficient (Wildman–Crippen LogP) is 1.67. The molecular weight excluding hydrogens is 210 g/mol. The van der Waals surface area contributed by atoms with Crippen molar-refractivity contribution in [3.8, 4) is 5.75 Å². The van der Waals surface area contributed by atoms with E-state index in [1.165, 1.54) is 13.3 Å². The van der Waals surface area contributed by atoms with Crippen LogP contribution < -0.4 is 4.74 Å². The highest BCUT2D eigenvalue weighted by Gasteiger charge is 2.05. The molecule has 1 aromatic heterocycles. The molecule has 58 valence electrons. The zero-order chi connectivity index (χ0) is 8.27. The van der Waals surface area contributed by atoms with Gasteiger partial charge in [-0.05, 0) is 22.0 Å². The molecule has 0 fully saturated rings. The SMILES string of the molecule is COc1c(C=O)ccnc1Br. The van der Waals surface area contributed by atoms with E-state index in [9.17, 15) is 4.79 Å². The van der Waals surface area contributed by atoms with Gasteiger partial charge in [0.2, 0.25) is 0 Å². The van der Waals surface area contributed by atoms with Crippen molar-refractivity contribution in [3.63, 3.8) is 0 Å². The molecule has 0 saturated heterocycles. The van der Waals surface area contributed by atoms with E-state index in [0.29, 0.717) is 15.9 Å². The summed E-state index contributed by atoms with van der Waals surface area (Å²) in [6, 6.07) is 1.59. The lowest BCUT2D eigenvalue weighted by Crippen LogP contribution is -1.92. The van der Waals surface area contributed by atoms with E-state index in [2.05, 4.69) is 20.9 Å². The van der Waals surface area contributed by atoms with Crippen molar-refractivity contribution >= 4 is 22.2 Å². The van der Waals surface area contributed by atoms with Crippen LogP contribution in [0.5, 0.6) is 5.75 Å². The highest BCUT2D eigenvalue weighted by molar-refractivity contribution is 9.10. The molecule has 0 amide bonds. The number of pyridine rings is 1. The van der Waals surface area contributed by atoms with E-state index in [1.54, 1.807) is 6.07 Å². The van der Waals surface area contributed by atoms with Gasteiger partial charge in [0.1, 0.15) is 4.60 Å². The number of nitrogens with zero attached hydrogens (tertiary/aromatic N) is 1. The number of rotatable bonds is 2. The Morgan fingerprint density at radius 2 is 2.45 bits per heavy atom. The third-order valence-electron chi connectivity index (χ3n) is 1.22. The number of hydrogen-bond donors (Lipinski definition) is 0. The molecule has 0 spiro atoms. The van der Waals surface area contributed by atoms with Gasteiger partial charge in [-0.3, -0.25) is 4.79 Å². The van der Waals surface area contributed by atoms with E-state index in [0.717, 1.165) is 6.29 Å². The first-order valence-corrected chi connectivity index (χ1v) is 3.72. The molecule has 0 aromatic carbocycles. The van der Waals surface area contributed by atoms with Crippen molar-refractivity contribution < 1.29 is 9.53 Å². The molecule has 3 nitrogen and oxygen atoms in total. The first-order chi connectivity index (χ1) is 5.29. The molecule has 0 N–H and O–H groups in total. The molecule has 11 heavy (non-hydrogen) atoms. The van der Waals surface area contributed by atoms with Crippen LogP contribution in [0.15, 0.2) is 16.9 Å². The average molecular weight is 216 g/mol. The van der Waals surface area contributed by atoms with E-state index in [-0.39, 0.29) is 0 Å². The van der Waals surface area contributed by atoms with Crippen molar-refractivity contribution in [1.29, 1.82) is 0 Å². The lowest BCUT2D eigenvalue weighted by molar-refractivity contribution is 0.112. The number of carbonyl (C=O) groups excluding carboxylic acids is 1. The Balaban J connectivity index is 3.23. The number of aromatic nitrogens is 1. The monoisotopic (exact) mass is 215 g/mol. The summed E-state index contributed by atoms with van der Waals surface area (Å²) in [4.78, 5) is 14.3. The van der Waals surface area contributed by atoms with Gasteiger partial charge in [0.25, 0.3) is 0 Å². The van der Waals surface area contributed by atoms with Crippen LogP contribution in [-0.4, -0.2) is 18.4 Å². The summed E-state index contributed by atoms with van der Waals surface area (Å²) < 4.78 is 5.47. The predicted molar refractivity (Wildman–Crippen MR) is 43.9 cm³/mol.